The second-order valence-electron chi connectivity index (χ2n) is 5.02. The smallest absolute Gasteiger partial charge is 0.400 e. The number of furan rings is 1. The van der Waals surface area contributed by atoms with E-state index < -0.39 is 22.0 Å². The average molecular weight is 360 g/mol. The number of benzene rings is 1. The Bertz CT molecular complexity index is 863. The topological polar surface area (TPSA) is 127 Å². The molecule has 2 aromatic rings. The molecule has 0 radical (unpaired) electrons. The van der Waals surface area contributed by atoms with E-state index in [2.05, 4.69) is 15.8 Å². The minimum atomic E-state index is -0.674. The highest BCUT2D eigenvalue weighted by molar-refractivity contribution is 8.01. The van der Waals surface area contributed by atoms with Crippen LogP contribution in [0.25, 0.3) is 0 Å². The van der Waals surface area contributed by atoms with Crippen LogP contribution in [0.5, 0.6) is 0 Å². The lowest BCUT2D eigenvalue weighted by Gasteiger charge is -2.23. The molecule has 1 aromatic heterocycles. The summed E-state index contributed by atoms with van der Waals surface area (Å²) in [6.45, 7) is 0. The van der Waals surface area contributed by atoms with E-state index >= 15 is 0 Å². The molecular weight excluding hydrogens is 348 g/mol. The number of fused-ring (bicyclic) bond motifs is 1. The van der Waals surface area contributed by atoms with Gasteiger partial charge in [-0.1, -0.05) is 12.1 Å². The maximum Gasteiger partial charge on any atom is 0.433 e. The van der Waals surface area contributed by atoms with Crippen molar-refractivity contribution in [1.82, 2.24) is 5.43 Å². The van der Waals surface area contributed by atoms with E-state index in [9.17, 15) is 19.7 Å². The van der Waals surface area contributed by atoms with Crippen LogP contribution in [0.15, 0.2) is 50.8 Å². The number of para-hydroxylation sites is 1. The quantitative estimate of drug-likeness (QED) is 0.478. The fourth-order valence-corrected chi connectivity index (χ4v) is 3.23. The van der Waals surface area contributed by atoms with Crippen molar-refractivity contribution >= 4 is 41.4 Å². The molecule has 9 nitrogen and oxygen atoms in total. The van der Waals surface area contributed by atoms with Crippen LogP contribution in [0.1, 0.15) is 12.2 Å². The summed E-state index contributed by atoms with van der Waals surface area (Å²) in [6.07, 6.45) is 1.09. The summed E-state index contributed by atoms with van der Waals surface area (Å²) in [5.74, 6) is -0.985. The van der Waals surface area contributed by atoms with Gasteiger partial charge in [-0.25, -0.2) is 5.43 Å². The third-order valence-electron chi connectivity index (χ3n) is 3.25. The first-order chi connectivity index (χ1) is 12.0. The predicted molar refractivity (Wildman–Crippen MR) is 90.4 cm³/mol. The molecule has 2 N–H and O–H groups in total. The molecular formula is C15H12N4O5S. The Morgan fingerprint density at radius 1 is 1.40 bits per heavy atom. The Morgan fingerprint density at radius 2 is 2.20 bits per heavy atom. The Labute approximate surface area is 145 Å². The van der Waals surface area contributed by atoms with Crippen LogP contribution in [0.4, 0.5) is 11.6 Å². The lowest BCUT2D eigenvalue weighted by Crippen LogP contribution is -2.33. The van der Waals surface area contributed by atoms with Crippen LogP contribution >= 0.6 is 11.8 Å². The zero-order valence-electron chi connectivity index (χ0n) is 12.7. The van der Waals surface area contributed by atoms with E-state index in [1.54, 1.807) is 6.07 Å². The number of hydrogen-bond donors (Lipinski definition) is 2. The summed E-state index contributed by atoms with van der Waals surface area (Å²) in [5.41, 5.74) is 3.00. The summed E-state index contributed by atoms with van der Waals surface area (Å²) in [6, 6.07) is 9.88. The van der Waals surface area contributed by atoms with Crippen LogP contribution < -0.4 is 10.7 Å². The maximum atomic E-state index is 12.0. The first-order valence-electron chi connectivity index (χ1n) is 7.15. The monoisotopic (exact) mass is 360 g/mol. The fourth-order valence-electron chi connectivity index (χ4n) is 2.12. The molecule has 0 saturated heterocycles. The molecule has 0 fully saturated rings. The molecule has 2 amide bonds. The van der Waals surface area contributed by atoms with Crippen molar-refractivity contribution < 1.29 is 18.9 Å². The van der Waals surface area contributed by atoms with E-state index in [-0.39, 0.29) is 18.1 Å². The largest absolute Gasteiger partial charge is 0.433 e. The zero-order chi connectivity index (χ0) is 17.8. The number of anilines is 1. The number of hydrogen-bond acceptors (Lipinski definition) is 7. The van der Waals surface area contributed by atoms with Crippen LogP contribution in [0.2, 0.25) is 0 Å². The van der Waals surface area contributed by atoms with Gasteiger partial charge in [0.25, 0.3) is 0 Å². The van der Waals surface area contributed by atoms with Crippen LogP contribution in [-0.4, -0.2) is 28.2 Å². The average Bonchev–Trinajstić information content (AvgIpc) is 3.05. The van der Waals surface area contributed by atoms with Gasteiger partial charge < -0.3 is 9.73 Å². The minimum Gasteiger partial charge on any atom is -0.400 e. The molecule has 0 aliphatic carbocycles. The predicted octanol–water partition coefficient (Wildman–Crippen LogP) is 2.14. The Kier molecular flexibility index (Phi) is 4.80. The third-order valence-corrected chi connectivity index (χ3v) is 4.53. The highest BCUT2D eigenvalue weighted by Gasteiger charge is 2.28. The number of carbonyl (C=O) groups excluding carboxylic acids is 2. The number of amides is 2. The summed E-state index contributed by atoms with van der Waals surface area (Å²) < 4.78 is 4.87. The number of hydrazone groups is 1. The fraction of sp³-hybridized carbons (Fsp3) is 0.133. The molecule has 0 saturated carbocycles. The van der Waals surface area contributed by atoms with E-state index in [4.69, 9.17) is 4.42 Å². The molecule has 1 aliphatic heterocycles. The molecule has 1 aromatic carbocycles. The Balaban J connectivity index is 1.55. The molecule has 3 rings (SSSR count). The number of thioether (sulfide) groups is 1. The molecule has 10 heteroatoms. The van der Waals surface area contributed by atoms with Gasteiger partial charge in [0.2, 0.25) is 11.8 Å². The first-order valence-corrected chi connectivity index (χ1v) is 8.03. The SMILES string of the molecule is O=C(CC1Sc2ccccc2NC1=O)N/N=C/c1ccc([N+](=O)[O-])o1. The van der Waals surface area contributed by atoms with Crippen molar-refractivity contribution in [2.75, 3.05) is 5.32 Å². The van der Waals surface area contributed by atoms with Gasteiger partial charge in [-0.3, -0.25) is 19.7 Å². The first kappa shape index (κ1) is 16.7. The highest BCUT2D eigenvalue weighted by Crippen LogP contribution is 2.36. The van der Waals surface area contributed by atoms with E-state index in [0.29, 0.717) is 0 Å². The van der Waals surface area contributed by atoms with Crippen LogP contribution in [0, 0.1) is 10.1 Å². The van der Waals surface area contributed by atoms with Crippen LogP contribution in [-0.2, 0) is 9.59 Å². The third kappa shape index (κ3) is 4.04. The molecule has 1 aliphatic rings. The highest BCUT2D eigenvalue weighted by atomic mass is 32.2. The number of nitrogens with one attached hydrogen (secondary N) is 2. The van der Waals surface area contributed by atoms with Crippen molar-refractivity contribution in [3.8, 4) is 0 Å². The summed E-state index contributed by atoms with van der Waals surface area (Å²) >= 11 is 1.31. The van der Waals surface area contributed by atoms with Crippen molar-refractivity contribution in [3.05, 3.63) is 52.3 Å². The van der Waals surface area contributed by atoms with Crippen molar-refractivity contribution in [2.45, 2.75) is 16.6 Å². The molecule has 0 bridgehead atoms. The van der Waals surface area contributed by atoms with Gasteiger partial charge >= 0.3 is 5.88 Å². The molecule has 1 unspecified atom stereocenters. The Hall–Kier alpha value is -3.14. The van der Waals surface area contributed by atoms with Crippen molar-refractivity contribution in [3.63, 3.8) is 0 Å². The van der Waals surface area contributed by atoms with E-state index in [1.165, 1.54) is 23.9 Å². The van der Waals surface area contributed by atoms with Crippen molar-refractivity contribution in [1.29, 1.82) is 0 Å². The van der Waals surface area contributed by atoms with Gasteiger partial charge in [-0.15, -0.1) is 11.8 Å². The molecule has 25 heavy (non-hydrogen) atoms. The van der Waals surface area contributed by atoms with E-state index in [0.717, 1.165) is 16.8 Å². The summed E-state index contributed by atoms with van der Waals surface area (Å²) in [5, 5.41) is 16.4. The Morgan fingerprint density at radius 3 is 2.96 bits per heavy atom. The lowest BCUT2D eigenvalue weighted by molar-refractivity contribution is -0.402. The van der Waals surface area contributed by atoms with E-state index in [1.807, 2.05) is 18.2 Å². The number of nitro groups is 1. The molecule has 1 atom stereocenters. The van der Waals surface area contributed by atoms with Crippen LogP contribution in [0.3, 0.4) is 0 Å². The normalized spacial score (nSPS) is 16.3. The molecule has 2 heterocycles. The van der Waals surface area contributed by atoms with Gasteiger partial charge in [0, 0.05) is 11.3 Å². The van der Waals surface area contributed by atoms with Crippen molar-refractivity contribution in [2.24, 2.45) is 5.10 Å². The number of carbonyl (C=O) groups is 2. The van der Waals surface area contributed by atoms with Gasteiger partial charge in [-0.05, 0) is 18.2 Å². The molecule has 128 valence electrons. The lowest BCUT2D eigenvalue weighted by atomic mass is 10.2. The van der Waals surface area contributed by atoms with Gasteiger partial charge in [0.15, 0.2) is 5.76 Å². The second kappa shape index (κ2) is 7.18. The second-order valence-corrected chi connectivity index (χ2v) is 6.27. The number of rotatable bonds is 5. The standard InChI is InChI=1S/C15H12N4O5S/c20-13(18-16-8-9-5-6-14(24-9)19(22)23)7-12-15(21)17-10-3-1-2-4-11(10)25-12/h1-6,8,12H,7H2,(H,17,21)(H,18,20)/b16-8+. The molecule has 0 spiro atoms. The van der Waals surface area contributed by atoms with Gasteiger partial charge in [-0.2, -0.15) is 5.10 Å². The van der Waals surface area contributed by atoms with Gasteiger partial charge in [0.1, 0.15) is 4.92 Å². The summed E-state index contributed by atoms with van der Waals surface area (Å²) in [4.78, 5) is 34.7. The minimum absolute atomic E-state index is 0.0551. The van der Waals surface area contributed by atoms with Gasteiger partial charge in [0.05, 0.1) is 23.2 Å². The zero-order valence-corrected chi connectivity index (χ0v) is 13.5. The summed E-state index contributed by atoms with van der Waals surface area (Å²) in [7, 11) is 0. The number of nitrogens with zero attached hydrogens (tertiary/aromatic N) is 2. The maximum absolute atomic E-state index is 12.0.